The molecule has 11 heteroatoms. The van der Waals surface area contributed by atoms with Crippen LogP contribution >= 0.6 is 23.1 Å². The number of anilines is 1. The highest BCUT2D eigenvalue weighted by Crippen LogP contribution is 2.32. The highest BCUT2D eigenvalue weighted by molar-refractivity contribution is 7.99. The van der Waals surface area contributed by atoms with Crippen molar-refractivity contribution in [3.8, 4) is 51.0 Å². The van der Waals surface area contributed by atoms with Crippen LogP contribution in [0.3, 0.4) is 0 Å². The number of amides is 1. The molecule has 0 atom stereocenters. The number of aromatic nitrogens is 4. The molecular formula is C30H27N5O4S2. The van der Waals surface area contributed by atoms with Gasteiger partial charge >= 0.3 is 0 Å². The Labute approximate surface area is 246 Å². The molecule has 0 unspecified atom stereocenters. The Morgan fingerprint density at radius 3 is 2.10 bits per heavy atom. The number of thioether (sulfide) groups is 1. The van der Waals surface area contributed by atoms with Crippen LogP contribution < -0.4 is 19.5 Å². The summed E-state index contributed by atoms with van der Waals surface area (Å²) in [5, 5.41) is 14.7. The first-order valence-electron chi connectivity index (χ1n) is 12.6. The van der Waals surface area contributed by atoms with Crippen molar-refractivity contribution >= 4 is 34.1 Å². The van der Waals surface area contributed by atoms with Crippen LogP contribution in [0.2, 0.25) is 0 Å². The summed E-state index contributed by atoms with van der Waals surface area (Å²) in [7, 11) is 4.88. The lowest BCUT2D eigenvalue weighted by Gasteiger charge is -2.10. The molecule has 0 spiro atoms. The van der Waals surface area contributed by atoms with E-state index in [9.17, 15) is 4.79 Å². The molecule has 2 aromatic heterocycles. The molecule has 9 nitrogen and oxygen atoms in total. The van der Waals surface area contributed by atoms with E-state index < -0.39 is 0 Å². The largest absolute Gasteiger partial charge is 0.497 e. The van der Waals surface area contributed by atoms with Crippen molar-refractivity contribution in [2.24, 2.45) is 0 Å². The molecule has 0 fully saturated rings. The number of thiazole rings is 1. The monoisotopic (exact) mass is 585 g/mol. The van der Waals surface area contributed by atoms with Gasteiger partial charge in [-0.25, -0.2) is 9.97 Å². The number of ether oxygens (including phenoxy) is 3. The second-order valence-electron chi connectivity index (χ2n) is 8.67. The van der Waals surface area contributed by atoms with E-state index in [1.165, 1.54) is 23.1 Å². The molecule has 0 bridgehead atoms. The maximum absolute atomic E-state index is 12.6. The molecule has 1 amide bonds. The van der Waals surface area contributed by atoms with Crippen molar-refractivity contribution in [3.05, 3.63) is 78.2 Å². The van der Waals surface area contributed by atoms with Crippen LogP contribution in [0.5, 0.6) is 17.2 Å². The SMILES string of the molecule is COc1ccc(-c2nnc(SCCC(=O)Nc3nc(-c4cccc(OC)c4)cs3)nc2-c2ccc(OC)cc2)cc1. The van der Waals surface area contributed by atoms with Crippen LogP contribution in [-0.4, -0.2) is 53.2 Å². The molecule has 208 valence electrons. The summed E-state index contributed by atoms with van der Waals surface area (Å²) < 4.78 is 15.9. The van der Waals surface area contributed by atoms with E-state index in [1.54, 1.807) is 21.3 Å². The number of benzene rings is 3. The lowest BCUT2D eigenvalue weighted by molar-refractivity contribution is -0.115. The van der Waals surface area contributed by atoms with E-state index in [2.05, 4.69) is 20.5 Å². The third-order valence-corrected chi connectivity index (χ3v) is 7.67. The van der Waals surface area contributed by atoms with E-state index in [-0.39, 0.29) is 12.3 Å². The topological polar surface area (TPSA) is 108 Å². The molecule has 3 aromatic carbocycles. The van der Waals surface area contributed by atoms with Crippen LogP contribution in [-0.2, 0) is 4.79 Å². The first-order valence-corrected chi connectivity index (χ1v) is 14.5. The number of carbonyl (C=O) groups is 1. The van der Waals surface area contributed by atoms with Crippen molar-refractivity contribution in [2.45, 2.75) is 11.6 Å². The maximum Gasteiger partial charge on any atom is 0.226 e. The molecule has 0 aliphatic carbocycles. The fourth-order valence-electron chi connectivity index (χ4n) is 3.93. The Hall–Kier alpha value is -4.48. The van der Waals surface area contributed by atoms with Crippen molar-refractivity contribution < 1.29 is 19.0 Å². The van der Waals surface area contributed by atoms with E-state index in [0.29, 0.717) is 27.4 Å². The maximum atomic E-state index is 12.6. The zero-order valence-corrected chi connectivity index (χ0v) is 24.3. The summed E-state index contributed by atoms with van der Waals surface area (Å²) in [6, 6.07) is 22.9. The standard InChI is InChI=1S/C30H27N5O4S2/c1-37-22-11-7-19(8-12-22)27-28(20-9-13-23(38-2)14-10-20)34-35-30(33-27)40-16-15-26(36)32-29-31-25(18-41-29)21-5-4-6-24(17-21)39-3/h4-14,17-18H,15-16H2,1-3H3,(H,31,32,36). The van der Waals surface area contributed by atoms with Gasteiger partial charge in [-0.2, -0.15) is 0 Å². The van der Waals surface area contributed by atoms with Gasteiger partial charge in [0.05, 0.1) is 27.0 Å². The third kappa shape index (κ3) is 7.00. The van der Waals surface area contributed by atoms with Crippen molar-refractivity contribution in [1.29, 1.82) is 0 Å². The van der Waals surface area contributed by atoms with Gasteiger partial charge in [0.25, 0.3) is 0 Å². The second kappa shape index (κ2) is 13.2. The van der Waals surface area contributed by atoms with Crippen molar-refractivity contribution in [2.75, 3.05) is 32.4 Å². The summed E-state index contributed by atoms with van der Waals surface area (Å²) in [5.74, 6) is 2.59. The number of carbonyl (C=O) groups excluding carboxylic acids is 1. The number of nitrogens with one attached hydrogen (secondary N) is 1. The van der Waals surface area contributed by atoms with Gasteiger partial charge in [-0.1, -0.05) is 23.9 Å². The molecule has 5 aromatic rings. The average molecular weight is 586 g/mol. The first-order chi connectivity index (χ1) is 20.1. The van der Waals surface area contributed by atoms with E-state index in [1.807, 2.05) is 78.2 Å². The summed E-state index contributed by atoms with van der Waals surface area (Å²) in [4.78, 5) is 22.0. The molecule has 5 rings (SSSR count). The summed E-state index contributed by atoms with van der Waals surface area (Å²) in [5.41, 5.74) is 4.78. The quantitative estimate of drug-likeness (QED) is 0.174. The number of methoxy groups -OCH3 is 3. The third-order valence-electron chi connectivity index (χ3n) is 6.07. The fourth-order valence-corrected chi connectivity index (χ4v) is 5.39. The number of rotatable bonds is 11. The summed E-state index contributed by atoms with van der Waals surface area (Å²) in [6.45, 7) is 0. The van der Waals surface area contributed by atoms with Crippen LogP contribution in [0.1, 0.15) is 6.42 Å². The van der Waals surface area contributed by atoms with Gasteiger partial charge in [0.15, 0.2) is 5.13 Å². The zero-order chi connectivity index (χ0) is 28.6. The highest BCUT2D eigenvalue weighted by Gasteiger charge is 2.15. The molecule has 1 N–H and O–H groups in total. The average Bonchev–Trinajstić information content (AvgIpc) is 3.49. The predicted molar refractivity (Wildman–Crippen MR) is 162 cm³/mol. The molecule has 0 aliphatic heterocycles. The predicted octanol–water partition coefficient (Wildman–Crippen LogP) is 6.48. The van der Waals surface area contributed by atoms with Gasteiger partial charge in [0.1, 0.15) is 28.6 Å². The van der Waals surface area contributed by atoms with Gasteiger partial charge in [-0.15, -0.1) is 21.5 Å². The van der Waals surface area contributed by atoms with Crippen LogP contribution in [0, 0.1) is 0 Å². The summed E-state index contributed by atoms with van der Waals surface area (Å²) >= 11 is 2.75. The minimum Gasteiger partial charge on any atom is -0.497 e. The van der Waals surface area contributed by atoms with Crippen molar-refractivity contribution in [1.82, 2.24) is 20.2 Å². The van der Waals surface area contributed by atoms with Gasteiger partial charge in [0.2, 0.25) is 11.1 Å². The minimum atomic E-state index is -0.137. The Bertz CT molecular complexity index is 1630. The Balaban J connectivity index is 1.26. The molecule has 0 radical (unpaired) electrons. The fraction of sp³-hybridized carbons (Fsp3) is 0.167. The molecule has 41 heavy (non-hydrogen) atoms. The van der Waals surface area contributed by atoms with Gasteiger partial charge in [-0.05, 0) is 60.7 Å². The van der Waals surface area contributed by atoms with E-state index in [4.69, 9.17) is 19.2 Å². The van der Waals surface area contributed by atoms with Gasteiger partial charge in [0, 0.05) is 34.2 Å². The minimum absolute atomic E-state index is 0.137. The Morgan fingerprint density at radius 2 is 1.44 bits per heavy atom. The van der Waals surface area contributed by atoms with E-state index in [0.717, 1.165) is 39.6 Å². The van der Waals surface area contributed by atoms with E-state index >= 15 is 0 Å². The molecule has 0 aliphatic rings. The lowest BCUT2D eigenvalue weighted by Crippen LogP contribution is -2.12. The van der Waals surface area contributed by atoms with Crippen molar-refractivity contribution in [3.63, 3.8) is 0 Å². The normalized spacial score (nSPS) is 10.7. The molecular weight excluding hydrogens is 558 g/mol. The van der Waals surface area contributed by atoms with Gasteiger partial charge in [-0.3, -0.25) is 4.79 Å². The Kier molecular flexibility index (Phi) is 9.07. The molecule has 2 heterocycles. The molecule has 0 saturated heterocycles. The first kappa shape index (κ1) is 28.1. The second-order valence-corrected chi connectivity index (χ2v) is 10.6. The van der Waals surface area contributed by atoms with Gasteiger partial charge < -0.3 is 19.5 Å². The smallest absolute Gasteiger partial charge is 0.226 e. The number of hydrogen-bond acceptors (Lipinski definition) is 10. The molecule has 0 saturated carbocycles. The Morgan fingerprint density at radius 1 is 0.780 bits per heavy atom. The highest BCUT2D eigenvalue weighted by atomic mass is 32.2. The van der Waals surface area contributed by atoms with Crippen LogP contribution in [0.15, 0.2) is 83.3 Å². The summed E-state index contributed by atoms with van der Waals surface area (Å²) in [6.07, 6.45) is 0.264. The van der Waals surface area contributed by atoms with Crippen LogP contribution in [0.4, 0.5) is 5.13 Å². The number of nitrogens with zero attached hydrogens (tertiary/aromatic N) is 4. The lowest BCUT2D eigenvalue weighted by atomic mass is 10.0. The van der Waals surface area contributed by atoms with Crippen LogP contribution in [0.25, 0.3) is 33.8 Å². The zero-order valence-electron chi connectivity index (χ0n) is 22.7. The number of hydrogen-bond donors (Lipinski definition) is 1.